The summed E-state index contributed by atoms with van der Waals surface area (Å²) in [5.41, 5.74) is 2.61. The number of piperidine rings is 1. The predicted octanol–water partition coefficient (Wildman–Crippen LogP) is 6.50. The van der Waals surface area contributed by atoms with Crippen molar-refractivity contribution in [2.24, 2.45) is 23.7 Å². The van der Waals surface area contributed by atoms with E-state index >= 15 is 0 Å². The number of carbonyl (C=O) groups is 3. The molecule has 250 valence electrons. The summed E-state index contributed by atoms with van der Waals surface area (Å²) >= 11 is 0. The molecule has 0 aromatic rings. The second kappa shape index (κ2) is 16.2. The normalized spacial score (nSPS) is 34.8. The van der Waals surface area contributed by atoms with Crippen molar-refractivity contribution < 1.29 is 33.3 Å². The molecule has 0 bridgehead atoms. The first-order chi connectivity index (χ1) is 21.5. The number of rotatable bonds is 11. The largest absolute Gasteiger partial charge is 0.458 e. The maximum atomic E-state index is 13.1. The topological polar surface area (TPSA) is 91.4 Å². The molecule has 8 nitrogen and oxygen atoms in total. The molecule has 0 aromatic heterocycles. The van der Waals surface area contributed by atoms with Crippen LogP contribution in [0.25, 0.3) is 0 Å². The molecule has 4 rings (SSSR count). The van der Waals surface area contributed by atoms with Gasteiger partial charge in [0.25, 0.3) is 0 Å². The highest BCUT2D eigenvalue weighted by atomic mass is 16.6. The van der Waals surface area contributed by atoms with Gasteiger partial charge in [-0.1, -0.05) is 57.2 Å². The van der Waals surface area contributed by atoms with E-state index in [0.29, 0.717) is 24.2 Å². The van der Waals surface area contributed by atoms with E-state index in [0.717, 1.165) is 45.2 Å². The van der Waals surface area contributed by atoms with Crippen molar-refractivity contribution in [1.29, 1.82) is 0 Å². The molecule has 10 atom stereocenters. The van der Waals surface area contributed by atoms with E-state index in [1.807, 2.05) is 11.0 Å². The van der Waals surface area contributed by atoms with Crippen LogP contribution in [0.4, 0.5) is 0 Å². The maximum Gasteiger partial charge on any atom is 0.303 e. The van der Waals surface area contributed by atoms with Gasteiger partial charge in [0.2, 0.25) is 5.91 Å². The van der Waals surface area contributed by atoms with Crippen LogP contribution < -0.4 is 0 Å². The molecule has 8 heteroatoms. The van der Waals surface area contributed by atoms with Crippen molar-refractivity contribution in [2.75, 3.05) is 13.1 Å². The predicted molar refractivity (Wildman–Crippen MR) is 174 cm³/mol. The molecule has 4 aliphatic rings. The number of ether oxygens (including phenoxy) is 4. The molecular weight excluding hydrogens is 570 g/mol. The Morgan fingerprint density at radius 2 is 1.69 bits per heavy atom. The zero-order valence-electron chi connectivity index (χ0n) is 28.4. The summed E-state index contributed by atoms with van der Waals surface area (Å²) in [5.74, 6) is 0.616. The van der Waals surface area contributed by atoms with Crippen LogP contribution in [-0.4, -0.2) is 72.5 Å². The van der Waals surface area contributed by atoms with E-state index in [4.69, 9.17) is 18.9 Å². The molecule has 1 aliphatic carbocycles. The summed E-state index contributed by atoms with van der Waals surface area (Å²) in [7, 11) is 0. The lowest BCUT2D eigenvalue weighted by molar-refractivity contribution is -0.200. The van der Waals surface area contributed by atoms with Gasteiger partial charge in [-0.05, 0) is 80.8 Å². The zero-order valence-corrected chi connectivity index (χ0v) is 28.4. The molecule has 45 heavy (non-hydrogen) atoms. The van der Waals surface area contributed by atoms with Crippen molar-refractivity contribution in [3.63, 3.8) is 0 Å². The van der Waals surface area contributed by atoms with E-state index in [9.17, 15) is 14.4 Å². The van der Waals surface area contributed by atoms with Crippen LogP contribution in [0.2, 0.25) is 0 Å². The molecule has 0 unspecified atom stereocenters. The molecule has 3 aliphatic heterocycles. The van der Waals surface area contributed by atoms with Crippen LogP contribution in [0.5, 0.6) is 0 Å². The van der Waals surface area contributed by atoms with Gasteiger partial charge in [0, 0.05) is 33.4 Å². The fourth-order valence-electron chi connectivity index (χ4n) is 7.13. The Kier molecular flexibility index (Phi) is 12.7. The van der Waals surface area contributed by atoms with E-state index in [1.54, 1.807) is 0 Å². The van der Waals surface area contributed by atoms with Crippen LogP contribution in [0, 0.1) is 23.7 Å². The molecule has 3 heterocycles. The second-order valence-corrected chi connectivity index (χ2v) is 13.6. The van der Waals surface area contributed by atoms with Crippen LogP contribution in [0.15, 0.2) is 47.6 Å². The lowest BCUT2D eigenvalue weighted by atomic mass is 9.94. The van der Waals surface area contributed by atoms with Gasteiger partial charge < -0.3 is 23.8 Å². The first-order valence-corrected chi connectivity index (χ1v) is 17.1. The lowest BCUT2D eigenvalue weighted by Crippen LogP contribution is -2.52. The quantitative estimate of drug-likeness (QED) is 0.191. The molecule has 0 radical (unpaired) electrons. The standard InChI is InChI=1S/C37H55NO7/c1-8-32-24(3)13-16-33(45-32)25(4)20-23(2)12-14-30-26(5)31(30)15-17-34-37(43-28(7)40)35(42-27(6)39)21-29(44-34)22-36(41)38-18-10-9-11-19-38/h12-15,17,20,23,26,29-35,37H,8-11,16,18-19,21-22H2,1-7H3/b14-12+,17-15+,25-20+/t23-,26-,29+,30+,31+,32-,33-,34+,35+,37+/m1/s1. The molecule has 2 saturated heterocycles. The summed E-state index contributed by atoms with van der Waals surface area (Å²) in [4.78, 5) is 39.0. The van der Waals surface area contributed by atoms with E-state index in [-0.39, 0.29) is 30.5 Å². The minimum absolute atomic E-state index is 0.0566. The van der Waals surface area contributed by atoms with Crippen LogP contribution in [0.3, 0.4) is 0 Å². The van der Waals surface area contributed by atoms with Gasteiger partial charge in [-0.2, -0.15) is 0 Å². The van der Waals surface area contributed by atoms with Crippen molar-refractivity contribution >= 4 is 17.8 Å². The van der Waals surface area contributed by atoms with Crippen LogP contribution in [-0.2, 0) is 33.3 Å². The van der Waals surface area contributed by atoms with Crippen LogP contribution in [0.1, 0.15) is 93.4 Å². The van der Waals surface area contributed by atoms with Gasteiger partial charge in [0.1, 0.15) is 12.2 Å². The minimum Gasteiger partial charge on any atom is -0.458 e. The van der Waals surface area contributed by atoms with Crippen molar-refractivity contribution in [2.45, 2.75) is 130 Å². The summed E-state index contributed by atoms with van der Waals surface area (Å²) in [6.45, 7) is 15.2. The lowest BCUT2D eigenvalue weighted by Gasteiger charge is -2.40. The smallest absolute Gasteiger partial charge is 0.303 e. The third-order valence-corrected chi connectivity index (χ3v) is 9.84. The number of carbonyl (C=O) groups excluding carboxylic acids is 3. The van der Waals surface area contributed by atoms with Gasteiger partial charge in [-0.15, -0.1) is 0 Å². The number of amides is 1. The molecule has 1 amide bonds. The maximum absolute atomic E-state index is 13.1. The Bertz CT molecular complexity index is 1170. The Hall–Kier alpha value is -2.71. The average molecular weight is 626 g/mol. The van der Waals surface area contributed by atoms with Gasteiger partial charge in [-0.25, -0.2) is 0 Å². The van der Waals surface area contributed by atoms with E-state index < -0.39 is 36.4 Å². The highest BCUT2D eigenvalue weighted by Gasteiger charge is 2.45. The van der Waals surface area contributed by atoms with E-state index in [2.05, 4.69) is 65.0 Å². The Morgan fingerprint density at radius 3 is 2.36 bits per heavy atom. The summed E-state index contributed by atoms with van der Waals surface area (Å²) in [6, 6.07) is 0. The first kappa shape index (κ1) is 35.1. The monoisotopic (exact) mass is 625 g/mol. The Labute approximate surface area is 270 Å². The molecular formula is C37H55NO7. The third kappa shape index (κ3) is 9.89. The second-order valence-electron chi connectivity index (χ2n) is 13.6. The number of hydrogen-bond donors (Lipinski definition) is 0. The Balaban J connectivity index is 1.40. The third-order valence-electron chi connectivity index (χ3n) is 9.84. The fraction of sp³-hybridized carbons (Fsp3) is 0.703. The van der Waals surface area contributed by atoms with Crippen molar-refractivity contribution in [3.8, 4) is 0 Å². The minimum atomic E-state index is -0.770. The number of esters is 2. The SMILES string of the molecule is CC[C@H]1O[C@@H](/C(C)=C/[C@H](C)/C=C/[C@H]2[C@@H](C)[C@@H]2/C=C/[C@@H]2O[C@H](CC(=O)N3CCCCC3)C[C@H](OC(C)=O)[C@H]2OC(C)=O)CC=C1C. The van der Waals surface area contributed by atoms with Gasteiger partial charge >= 0.3 is 11.9 Å². The van der Waals surface area contributed by atoms with Gasteiger partial charge in [0.05, 0.1) is 24.7 Å². The summed E-state index contributed by atoms with van der Waals surface area (Å²) < 4.78 is 24.0. The van der Waals surface area contributed by atoms with Crippen molar-refractivity contribution in [3.05, 3.63) is 47.6 Å². The highest BCUT2D eigenvalue weighted by Crippen LogP contribution is 2.48. The molecule has 3 fully saturated rings. The van der Waals surface area contributed by atoms with Gasteiger partial charge in [-0.3, -0.25) is 14.4 Å². The number of nitrogens with zero attached hydrogens (tertiary/aromatic N) is 1. The molecule has 0 N–H and O–H groups in total. The fourth-order valence-corrected chi connectivity index (χ4v) is 7.13. The van der Waals surface area contributed by atoms with Crippen molar-refractivity contribution in [1.82, 2.24) is 4.90 Å². The summed E-state index contributed by atoms with van der Waals surface area (Å²) in [6.07, 6.45) is 16.7. The molecule has 0 spiro atoms. The first-order valence-electron chi connectivity index (χ1n) is 17.1. The Morgan fingerprint density at radius 1 is 1.00 bits per heavy atom. The number of allylic oxidation sites excluding steroid dienone is 4. The highest BCUT2D eigenvalue weighted by molar-refractivity contribution is 5.76. The molecule has 0 aromatic carbocycles. The van der Waals surface area contributed by atoms with Gasteiger partial charge in [0.15, 0.2) is 6.10 Å². The number of hydrogen-bond acceptors (Lipinski definition) is 7. The van der Waals surface area contributed by atoms with E-state index in [1.165, 1.54) is 25.0 Å². The number of likely N-dealkylation sites (tertiary alicyclic amines) is 1. The average Bonchev–Trinajstić information content (AvgIpc) is 3.63. The zero-order chi connectivity index (χ0) is 32.7. The summed E-state index contributed by atoms with van der Waals surface area (Å²) in [5, 5.41) is 0. The molecule has 1 saturated carbocycles. The van der Waals surface area contributed by atoms with Crippen LogP contribution >= 0.6 is 0 Å².